The van der Waals surface area contributed by atoms with E-state index in [0.29, 0.717) is 11.1 Å². The van der Waals surface area contributed by atoms with Gasteiger partial charge in [0, 0.05) is 6.42 Å². The highest BCUT2D eigenvalue weighted by Gasteiger charge is 2.32. The number of nitrogens with zero attached hydrogens (tertiary/aromatic N) is 1. The number of carbonyl (C=O) groups is 1. The molecule has 1 rings (SSSR count). The Kier molecular flexibility index (Phi) is 9.30. The Hall–Kier alpha value is -1.61. The number of ether oxygens (including phenoxy) is 1. The van der Waals surface area contributed by atoms with Crippen molar-refractivity contribution in [3.8, 4) is 0 Å². The first-order valence-corrected chi connectivity index (χ1v) is 8.79. The average molecular weight is 318 g/mol. The quantitative estimate of drug-likeness (QED) is 0.314. The van der Waals surface area contributed by atoms with Crippen LogP contribution >= 0.6 is 0 Å². The number of quaternary nitrogens is 1. The standard InChI is InChI=1S/C20H32NO2/c1-4-6-8-13-17-21(3,16-12-7-5-2)20(22)23-18-19-14-10-9-11-15-19/h5,9-11,14-15H,2,4,6-8,12-13,16-18H2,1,3H3/q+1. The van der Waals surface area contributed by atoms with E-state index in [0.717, 1.165) is 37.9 Å². The summed E-state index contributed by atoms with van der Waals surface area (Å²) in [5.74, 6) is 0. The largest absolute Gasteiger partial charge is 0.516 e. The third-order valence-corrected chi connectivity index (χ3v) is 4.21. The zero-order valence-corrected chi connectivity index (χ0v) is 14.8. The van der Waals surface area contributed by atoms with E-state index in [-0.39, 0.29) is 6.09 Å². The molecule has 23 heavy (non-hydrogen) atoms. The van der Waals surface area contributed by atoms with Crippen LogP contribution in [0.25, 0.3) is 0 Å². The molecule has 1 atom stereocenters. The number of unbranched alkanes of at least 4 members (excludes halogenated alkanes) is 4. The van der Waals surface area contributed by atoms with Crippen LogP contribution in [0.15, 0.2) is 43.0 Å². The molecule has 128 valence electrons. The topological polar surface area (TPSA) is 26.3 Å². The van der Waals surface area contributed by atoms with Crippen molar-refractivity contribution in [2.75, 3.05) is 20.1 Å². The molecule has 0 saturated heterocycles. The van der Waals surface area contributed by atoms with Crippen LogP contribution in [-0.4, -0.2) is 30.7 Å². The minimum absolute atomic E-state index is 0.116. The van der Waals surface area contributed by atoms with Crippen LogP contribution in [-0.2, 0) is 11.3 Å². The molecule has 3 heteroatoms. The van der Waals surface area contributed by atoms with Gasteiger partial charge < -0.3 is 4.74 Å². The van der Waals surface area contributed by atoms with Crippen LogP contribution < -0.4 is 0 Å². The summed E-state index contributed by atoms with van der Waals surface area (Å²) in [6, 6.07) is 9.86. The lowest BCUT2D eigenvalue weighted by atomic mass is 10.2. The predicted octanol–water partition coefficient (Wildman–Crippen LogP) is 5.32. The minimum atomic E-state index is -0.116. The lowest BCUT2D eigenvalue weighted by Gasteiger charge is -2.30. The molecular weight excluding hydrogens is 286 g/mol. The normalized spacial score (nSPS) is 13.3. The maximum atomic E-state index is 12.6. The van der Waals surface area contributed by atoms with E-state index in [4.69, 9.17) is 4.74 Å². The van der Waals surface area contributed by atoms with Crippen molar-refractivity contribution in [2.24, 2.45) is 0 Å². The molecule has 0 bridgehead atoms. The van der Waals surface area contributed by atoms with E-state index in [2.05, 4.69) is 13.5 Å². The molecule has 0 spiro atoms. The average Bonchev–Trinajstić information content (AvgIpc) is 2.58. The zero-order chi connectivity index (χ0) is 17.0. The van der Waals surface area contributed by atoms with Gasteiger partial charge in [-0.15, -0.1) is 6.58 Å². The lowest BCUT2D eigenvalue weighted by Crippen LogP contribution is -2.50. The van der Waals surface area contributed by atoms with E-state index in [1.54, 1.807) is 0 Å². The summed E-state index contributed by atoms with van der Waals surface area (Å²) >= 11 is 0. The highest BCUT2D eigenvalue weighted by molar-refractivity contribution is 5.59. The SMILES string of the molecule is C=CCCC[N+](C)(CCCCCC)C(=O)OCc1ccccc1. The second-order valence-electron chi connectivity index (χ2n) is 6.37. The van der Waals surface area contributed by atoms with E-state index in [1.807, 2.05) is 43.5 Å². The van der Waals surface area contributed by atoms with Gasteiger partial charge in [-0.25, -0.2) is 4.48 Å². The third kappa shape index (κ3) is 7.47. The summed E-state index contributed by atoms with van der Waals surface area (Å²) in [6.45, 7) is 7.98. The Balaban J connectivity index is 2.56. The van der Waals surface area contributed by atoms with Gasteiger partial charge in [0.05, 0.1) is 20.1 Å². The van der Waals surface area contributed by atoms with Crippen LogP contribution in [0.3, 0.4) is 0 Å². The molecule has 3 nitrogen and oxygen atoms in total. The minimum Gasteiger partial charge on any atom is -0.415 e. The van der Waals surface area contributed by atoms with Gasteiger partial charge in [-0.05, 0) is 24.8 Å². The van der Waals surface area contributed by atoms with Crippen molar-refractivity contribution < 1.29 is 14.0 Å². The van der Waals surface area contributed by atoms with Gasteiger partial charge in [0.15, 0.2) is 0 Å². The highest BCUT2D eigenvalue weighted by Crippen LogP contribution is 2.14. The molecular formula is C20H32NO2+. The predicted molar refractivity (Wildman–Crippen MR) is 96.1 cm³/mol. The van der Waals surface area contributed by atoms with Crippen molar-refractivity contribution in [2.45, 2.75) is 52.1 Å². The summed E-state index contributed by atoms with van der Waals surface area (Å²) in [6.07, 6.45) is 8.38. The maximum Gasteiger partial charge on any atom is 0.516 e. The summed E-state index contributed by atoms with van der Waals surface area (Å²) in [7, 11) is 2.00. The van der Waals surface area contributed by atoms with Crippen molar-refractivity contribution in [1.82, 2.24) is 0 Å². The molecule has 1 aromatic carbocycles. The van der Waals surface area contributed by atoms with E-state index in [1.165, 1.54) is 19.3 Å². The summed E-state index contributed by atoms with van der Waals surface area (Å²) in [5, 5.41) is 0. The van der Waals surface area contributed by atoms with Crippen LogP contribution in [0.5, 0.6) is 0 Å². The molecule has 0 aliphatic rings. The smallest absolute Gasteiger partial charge is 0.415 e. The first-order chi connectivity index (χ1) is 11.1. The van der Waals surface area contributed by atoms with Crippen LogP contribution in [0.1, 0.15) is 51.0 Å². The van der Waals surface area contributed by atoms with Crippen molar-refractivity contribution >= 4 is 6.09 Å². The van der Waals surface area contributed by atoms with Gasteiger partial charge in [0.1, 0.15) is 6.61 Å². The van der Waals surface area contributed by atoms with Crippen LogP contribution in [0.4, 0.5) is 4.79 Å². The number of rotatable bonds is 11. The number of carbonyl (C=O) groups excluding carboxylic acids is 1. The number of amides is 1. The number of allylic oxidation sites excluding steroid dienone is 1. The first-order valence-electron chi connectivity index (χ1n) is 8.79. The molecule has 1 aromatic rings. The molecule has 0 fully saturated rings. The van der Waals surface area contributed by atoms with Crippen molar-refractivity contribution in [3.63, 3.8) is 0 Å². The number of benzene rings is 1. The fourth-order valence-electron chi connectivity index (χ4n) is 2.64. The molecule has 1 amide bonds. The molecule has 0 radical (unpaired) electrons. The molecule has 1 unspecified atom stereocenters. The second-order valence-corrected chi connectivity index (χ2v) is 6.37. The molecule has 0 aromatic heterocycles. The number of hydrogen-bond donors (Lipinski definition) is 0. The molecule has 0 heterocycles. The van der Waals surface area contributed by atoms with Crippen molar-refractivity contribution in [1.29, 1.82) is 0 Å². The van der Waals surface area contributed by atoms with E-state index < -0.39 is 0 Å². The Morgan fingerprint density at radius 3 is 2.48 bits per heavy atom. The molecule has 0 aliphatic carbocycles. The maximum absolute atomic E-state index is 12.6. The number of hydrogen-bond acceptors (Lipinski definition) is 2. The highest BCUT2D eigenvalue weighted by atomic mass is 16.6. The summed E-state index contributed by atoms with van der Waals surface area (Å²) < 4.78 is 5.95. The summed E-state index contributed by atoms with van der Waals surface area (Å²) in [4.78, 5) is 12.6. The first kappa shape index (κ1) is 19.4. The third-order valence-electron chi connectivity index (χ3n) is 4.21. The van der Waals surface area contributed by atoms with Crippen LogP contribution in [0, 0.1) is 0 Å². The Morgan fingerprint density at radius 2 is 1.83 bits per heavy atom. The Bertz CT molecular complexity index is 458. The van der Waals surface area contributed by atoms with Gasteiger partial charge in [-0.3, -0.25) is 0 Å². The van der Waals surface area contributed by atoms with E-state index in [9.17, 15) is 4.79 Å². The Morgan fingerprint density at radius 1 is 1.13 bits per heavy atom. The van der Waals surface area contributed by atoms with Crippen LogP contribution in [0.2, 0.25) is 0 Å². The zero-order valence-electron chi connectivity index (χ0n) is 14.8. The second kappa shape index (κ2) is 11.0. The van der Waals surface area contributed by atoms with E-state index >= 15 is 0 Å². The van der Waals surface area contributed by atoms with Gasteiger partial charge in [0.2, 0.25) is 0 Å². The van der Waals surface area contributed by atoms with Crippen molar-refractivity contribution in [3.05, 3.63) is 48.6 Å². The molecule has 0 saturated carbocycles. The monoisotopic (exact) mass is 318 g/mol. The van der Waals surface area contributed by atoms with Gasteiger partial charge in [-0.2, -0.15) is 4.79 Å². The molecule has 0 aliphatic heterocycles. The fourth-order valence-corrected chi connectivity index (χ4v) is 2.64. The fraction of sp³-hybridized carbons (Fsp3) is 0.550. The van der Waals surface area contributed by atoms with Gasteiger partial charge in [-0.1, -0.05) is 56.2 Å². The lowest BCUT2D eigenvalue weighted by molar-refractivity contribution is -0.838. The molecule has 0 N–H and O–H groups in total. The van der Waals surface area contributed by atoms with Gasteiger partial charge >= 0.3 is 6.09 Å². The summed E-state index contributed by atoms with van der Waals surface area (Å²) in [5.41, 5.74) is 1.03. The Labute approximate surface area is 141 Å². The van der Waals surface area contributed by atoms with Gasteiger partial charge in [0.25, 0.3) is 0 Å².